The topological polar surface area (TPSA) is 28.5 Å². The molecule has 0 atom stereocenters. The molecule has 76 valence electrons. The van der Waals surface area contributed by atoms with Crippen LogP contribution < -0.4 is 0 Å². The van der Waals surface area contributed by atoms with E-state index >= 15 is 0 Å². The summed E-state index contributed by atoms with van der Waals surface area (Å²) in [5, 5.41) is 8.26. The number of rotatable bonds is 2. The van der Waals surface area contributed by atoms with Gasteiger partial charge in [-0.3, -0.25) is 4.98 Å². The third-order valence-corrected chi connectivity index (χ3v) is 2.12. The van der Waals surface area contributed by atoms with Gasteiger partial charge in [-0.2, -0.15) is 5.10 Å². The first-order valence-corrected chi connectivity index (χ1v) is 4.82. The zero-order valence-corrected chi connectivity index (χ0v) is 8.88. The predicted molar refractivity (Wildman–Crippen MR) is 63.0 cm³/mol. The second-order valence-electron chi connectivity index (χ2n) is 3.51. The van der Waals surface area contributed by atoms with E-state index in [2.05, 4.69) is 22.2 Å². The summed E-state index contributed by atoms with van der Waals surface area (Å²) in [6.07, 6.45) is 3.58. The summed E-state index contributed by atoms with van der Waals surface area (Å²) in [6.45, 7) is 0. The van der Waals surface area contributed by atoms with Gasteiger partial charge in [-0.05, 0) is 11.5 Å². The zero-order valence-electron chi connectivity index (χ0n) is 8.88. The summed E-state index contributed by atoms with van der Waals surface area (Å²) < 4.78 is 0. The van der Waals surface area contributed by atoms with Crippen LogP contribution in [0, 0.1) is 0 Å². The predicted octanol–water partition coefficient (Wildman–Crippen LogP) is 2.13. The fourth-order valence-electron chi connectivity index (χ4n) is 1.42. The third-order valence-electron chi connectivity index (χ3n) is 2.12. The normalized spacial score (nSPS) is 11.1. The molecular formula is C12H13N3. The molecule has 0 amide bonds. The van der Waals surface area contributed by atoms with Crippen molar-refractivity contribution in [2.24, 2.45) is 5.10 Å². The Hall–Kier alpha value is -1.90. The highest BCUT2D eigenvalue weighted by atomic mass is 15.4. The van der Waals surface area contributed by atoms with Gasteiger partial charge < -0.3 is 5.01 Å². The average Bonchev–Trinajstić information content (AvgIpc) is 2.26. The second-order valence-corrected chi connectivity index (χ2v) is 3.51. The molecule has 3 nitrogen and oxygen atoms in total. The van der Waals surface area contributed by atoms with E-state index in [4.69, 9.17) is 0 Å². The first-order chi connectivity index (χ1) is 7.27. The Kier molecular flexibility index (Phi) is 2.63. The largest absolute Gasteiger partial charge is 0.303 e. The molecule has 0 aliphatic rings. The summed E-state index contributed by atoms with van der Waals surface area (Å²) in [7, 11) is 3.78. The van der Waals surface area contributed by atoms with Gasteiger partial charge in [0.2, 0.25) is 0 Å². The molecule has 2 aromatic rings. The Bertz CT molecular complexity index is 484. The van der Waals surface area contributed by atoms with E-state index in [1.807, 2.05) is 32.3 Å². The molecule has 2 rings (SSSR count). The minimum absolute atomic E-state index is 0.904. The van der Waals surface area contributed by atoms with Crippen LogP contribution in [0.3, 0.4) is 0 Å². The molecule has 3 heteroatoms. The van der Waals surface area contributed by atoms with Crippen molar-refractivity contribution in [2.45, 2.75) is 0 Å². The first-order valence-electron chi connectivity index (χ1n) is 4.82. The number of nitrogens with zero attached hydrogens (tertiary/aromatic N) is 3. The lowest BCUT2D eigenvalue weighted by Crippen LogP contribution is -2.02. The second kappa shape index (κ2) is 4.09. The molecule has 0 N–H and O–H groups in total. The minimum atomic E-state index is 0.904. The molecule has 0 fully saturated rings. The molecule has 0 radical (unpaired) electrons. The molecule has 0 aliphatic carbocycles. The smallest absolute Gasteiger partial charge is 0.0908 e. The van der Waals surface area contributed by atoms with E-state index in [0.717, 1.165) is 11.1 Å². The van der Waals surface area contributed by atoms with E-state index < -0.39 is 0 Å². The lowest BCUT2D eigenvalue weighted by atomic mass is 10.1. The van der Waals surface area contributed by atoms with Gasteiger partial charge >= 0.3 is 0 Å². The van der Waals surface area contributed by atoms with Crippen molar-refractivity contribution >= 4 is 17.0 Å². The SMILES string of the molecule is CN(C)/N=C\c1nccc2ccccc12. The summed E-state index contributed by atoms with van der Waals surface area (Å²) in [6, 6.07) is 10.2. The van der Waals surface area contributed by atoms with Crippen LogP contribution in [0.4, 0.5) is 0 Å². The lowest BCUT2D eigenvalue weighted by Gasteiger charge is -2.03. The molecule has 0 saturated carbocycles. The van der Waals surface area contributed by atoms with E-state index in [0.29, 0.717) is 0 Å². The molecular weight excluding hydrogens is 186 g/mol. The van der Waals surface area contributed by atoms with Gasteiger partial charge in [0.25, 0.3) is 0 Å². The quantitative estimate of drug-likeness (QED) is 0.547. The van der Waals surface area contributed by atoms with Crippen molar-refractivity contribution in [1.29, 1.82) is 0 Å². The summed E-state index contributed by atoms with van der Waals surface area (Å²) in [4.78, 5) is 4.30. The third kappa shape index (κ3) is 2.13. The minimum Gasteiger partial charge on any atom is -0.303 e. The van der Waals surface area contributed by atoms with Crippen LogP contribution in [0.15, 0.2) is 41.6 Å². The number of hydrogen-bond donors (Lipinski definition) is 0. The molecule has 1 aromatic carbocycles. The number of hydrazone groups is 1. The molecule has 0 unspecified atom stereocenters. The Balaban J connectivity index is 2.51. The molecule has 0 bridgehead atoms. The van der Waals surface area contributed by atoms with E-state index in [1.54, 1.807) is 17.4 Å². The summed E-state index contributed by atoms with van der Waals surface area (Å²) >= 11 is 0. The van der Waals surface area contributed by atoms with E-state index in [1.165, 1.54) is 5.39 Å². The molecule has 1 heterocycles. The molecule has 0 spiro atoms. The lowest BCUT2D eigenvalue weighted by molar-refractivity contribution is 0.440. The fourth-order valence-corrected chi connectivity index (χ4v) is 1.42. The number of aromatic nitrogens is 1. The number of benzene rings is 1. The van der Waals surface area contributed by atoms with Gasteiger partial charge in [-0.1, -0.05) is 24.3 Å². The highest BCUT2D eigenvalue weighted by Crippen LogP contribution is 2.14. The Morgan fingerprint density at radius 1 is 1.20 bits per heavy atom. The maximum Gasteiger partial charge on any atom is 0.0908 e. The van der Waals surface area contributed by atoms with Crippen LogP contribution >= 0.6 is 0 Å². The number of pyridine rings is 1. The zero-order chi connectivity index (χ0) is 10.7. The monoisotopic (exact) mass is 199 g/mol. The Labute approximate surface area is 89.1 Å². The number of hydrogen-bond acceptors (Lipinski definition) is 3. The molecule has 0 saturated heterocycles. The van der Waals surface area contributed by atoms with Gasteiger partial charge in [-0.15, -0.1) is 0 Å². The van der Waals surface area contributed by atoms with Gasteiger partial charge in [0.15, 0.2) is 0 Å². The van der Waals surface area contributed by atoms with Crippen molar-refractivity contribution in [3.05, 3.63) is 42.2 Å². The van der Waals surface area contributed by atoms with Crippen LogP contribution in [0.25, 0.3) is 10.8 Å². The van der Waals surface area contributed by atoms with Gasteiger partial charge in [0, 0.05) is 25.7 Å². The van der Waals surface area contributed by atoms with Crippen molar-refractivity contribution in [1.82, 2.24) is 9.99 Å². The van der Waals surface area contributed by atoms with Crippen LogP contribution in [0.5, 0.6) is 0 Å². The first kappa shape index (κ1) is 9.65. The van der Waals surface area contributed by atoms with Gasteiger partial charge in [0.05, 0.1) is 11.9 Å². The molecule has 0 aliphatic heterocycles. The van der Waals surface area contributed by atoms with Crippen LogP contribution in [0.2, 0.25) is 0 Å². The van der Waals surface area contributed by atoms with Crippen molar-refractivity contribution in [3.8, 4) is 0 Å². The standard InChI is InChI=1S/C12H13N3/c1-15(2)14-9-12-11-6-4-3-5-10(11)7-8-13-12/h3-9H,1-2H3/b14-9-. The average molecular weight is 199 g/mol. The van der Waals surface area contributed by atoms with Crippen LogP contribution in [-0.2, 0) is 0 Å². The molecule has 1 aromatic heterocycles. The highest BCUT2D eigenvalue weighted by molar-refractivity contribution is 5.97. The Morgan fingerprint density at radius 2 is 2.00 bits per heavy atom. The van der Waals surface area contributed by atoms with Crippen molar-refractivity contribution in [2.75, 3.05) is 14.1 Å². The fraction of sp³-hybridized carbons (Fsp3) is 0.167. The summed E-state index contributed by atoms with van der Waals surface area (Å²) in [5.74, 6) is 0. The Morgan fingerprint density at radius 3 is 2.80 bits per heavy atom. The van der Waals surface area contributed by atoms with Gasteiger partial charge in [-0.25, -0.2) is 0 Å². The van der Waals surface area contributed by atoms with Crippen molar-refractivity contribution in [3.63, 3.8) is 0 Å². The molecule has 15 heavy (non-hydrogen) atoms. The van der Waals surface area contributed by atoms with Crippen LogP contribution in [0.1, 0.15) is 5.69 Å². The van der Waals surface area contributed by atoms with Crippen molar-refractivity contribution < 1.29 is 0 Å². The van der Waals surface area contributed by atoms with Gasteiger partial charge in [0.1, 0.15) is 0 Å². The highest BCUT2D eigenvalue weighted by Gasteiger charge is 1.97. The maximum atomic E-state index is 4.30. The summed E-state index contributed by atoms with van der Waals surface area (Å²) in [5.41, 5.74) is 0.904. The van der Waals surface area contributed by atoms with E-state index in [-0.39, 0.29) is 0 Å². The maximum absolute atomic E-state index is 4.30. The van der Waals surface area contributed by atoms with Crippen LogP contribution in [-0.4, -0.2) is 30.3 Å². The van der Waals surface area contributed by atoms with E-state index in [9.17, 15) is 0 Å². The number of fused-ring (bicyclic) bond motifs is 1.